The molecule has 2 rings (SSSR count). The predicted octanol–water partition coefficient (Wildman–Crippen LogP) is 1.55. The van der Waals surface area contributed by atoms with E-state index in [0.717, 1.165) is 25.9 Å². The smallest absolute Gasteiger partial charge is 0.287 e. The Hall–Kier alpha value is -1.33. The fraction of sp³-hybridized carbons (Fsp3) is 0.643. The van der Waals surface area contributed by atoms with E-state index in [-0.39, 0.29) is 11.3 Å². The molecule has 0 aliphatic carbocycles. The number of piperidine rings is 1. The van der Waals surface area contributed by atoms with Crippen LogP contribution in [-0.4, -0.2) is 32.7 Å². The minimum atomic E-state index is -0.151. The molecule has 0 atom stereocenters. The number of furan rings is 1. The minimum Gasteiger partial charge on any atom is -0.453 e. The summed E-state index contributed by atoms with van der Waals surface area (Å²) >= 11 is 0. The Morgan fingerprint density at radius 3 is 2.89 bits per heavy atom. The Bertz CT molecular complexity index is 422. The van der Waals surface area contributed by atoms with E-state index >= 15 is 0 Å². The largest absolute Gasteiger partial charge is 0.453 e. The van der Waals surface area contributed by atoms with Crippen LogP contribution in [0.1, 0.15) is 36.1 Å². The number of ether oxygens (including phenoxy) is 1. The molecule has 1 aromatic heterocycles. The summed E-state index contributed by atoms with van der Waals surface area (Å²) in [6.45, 7) is 5.33. The summed E-state index contributed by atoms with van der Waals surface area (Å²) in [5.74, 6) is 0.868. The van der Waals surface area contributed by atoms with Gasteiger partial charge in [-0.3, -0.25) is 4.79 Å². The first-order valence-electron chi connectivity index (χ1n) is 6.69. The number of carbonyl (C=O) groups excluding carboxylic acids is 1. The van der Waals surface area contributed by atoms with Crippen molar-refractivity contribution in [2.24, 2.45) is 5.41 Å². The molecule has 2 heterocycles. The molecule has 1 aliphatic rings. The second-order valence-corrected chi connectivity index (χ2v) is 5.44. The van der Waals surface area contributed by atoms with Gasteiger partial charge in [-0.25, -0.2) is 0 Å². The summed E-state index contributed by atoms with van der Waals surface area (Å²) in [6.07, 6.45) is 2.17. The van der Waals surface area contributed by atoms with Crippen LogP contribution in [0.2, 0.25) is 0 Å². The molecule has 1 fully saturated rings. The number of hydrogen-bond acceptors (Lipinski definition) is 4. The summed E-state index contributed by atoms with van der Waals surface area (Å²) in [5.41, 5.74) is 0.183. The number of nitrogens with one attached hydrogen (secondary N) is 2. The monoisotopic (exact) mass is 266 g/mol. The van der Waals surface area contributed by atoms with E-state index in [1.165, 1.54) is 0 Å². The van der Waals surface area contributed by atoms with Crippen molar-refractivity contribution in [1.29, 1.82) is 0 Å². The van der Waals surface area contributed by atoms with E-state index in [9.17, 15) is 4.79 Å². The third-order valence-corrected chi connectivity index (χ3v) is 3.66. The van der Waals surface area contributed by atoms with Crippen molar-refractivity contribution in [3.05, 3.63) is 23.7 Å². The third-order valence-electron chi connectivity index (χ3n) is 3.66. The Balaban J connectivity index is 1.86. The average molecular weight is 266 g/mol. The van der Waals surface area contributed by atoms with Crippen LogP contribution in [0.25, 0.3) is 0 Å². The summed E-state index contributed by atoms with van der Waals surface area (Å²) in [6, 6.07) is 3.46. The normalized spacial score (nSPS) is 18.2. The molecule has 1 saturated heterocycles. The van der Waals surface area contributed by atoms with Crippen LogP contribution in [0.3, 0.4) is 0 Å². The van der Waals surface area contributed by atoms with Crippen LogP contribution in [0.4, 0.5) is 0 Å². The highest BCUT2D eigenvalue weighted by atomic mass is 16.5. The molecular weight excluding hydrogens is 244 g/mol. The second-order valence-electron chi connectivity index (χ2n) is 5.44. The van der Waals surface area contributed by atoms with Crippen LogP contribution >= 0.6 is 0 Å². The maximum atomic E-state index is 12.0. The number of rotatable bonds is 5. The standard InChI is InChI=1S/C14H22N2O3/c1-14(5-7-15-8-6-14)10-16-13(17)12-4-3-11(19-12)9-18-2/h3-4,15H,5-10H2,1-2H3,(H,16,17). The van der Waals surface area contributed by atoms with Gasteiger partial charge in [0.05, 0.1) is 0 Å². The highest BCUT2D eigenvalue weighted by Crippen LogP contribution is 2.26. The van der Waals surface area contributed by atoms with Crippen LogP contribution in [-0.2, 0) is 11.3 Å². The molecule has 0 spiro atoms. The van der Waals surface area contributed by atoms with E-state index in [1.54, 1.807) is 19.2 Å². The maximum Gasteiger partial charge on any atom is 0.287 e. The van der Waals surface area contributed by atoms with E-state index < -0.39 is 0 Å². The molecule has 1 aliphatic heterocycles. The van der Waals surface area contributed by atoms with Crippen molar-refractivity contribution < 1.29 is 13.9 Å². The summed E-state index contributed by atoms with van der Waals surface area (Å²) in [5, 5.41) is 6.29. The lowest BCUT2D eigenvalue weighted by Crippen LogP contribution is -2.42. The zero-order chi connectivity index (χ0) is 13.7. The van der Waals surface area contributed by atoms with Crippen molar-refractivity contribution in [3.63, 3.8) is 0 Å². The third kappa shape index (κ3) is 3.81. The van der Waals surface area contributed by atoms with Gasteiger partial charge in [0, 0.05) is 13.7 Å². The fourth-order valence-corrected chi connectivity index (χ4v) is 2.31. The first-order chi connectivity index (χ1) is 9.13. The molecule has 1 amide bonds. The van der Waals surface area contributed by atoms with Crippen LogP contribution < -0.4 is 10.6 Å². The lowest BCUT2D eigenvalue weighted by atomic mass is 9.81. The van der Waals surface area contributed by atoms with Gasteiger partial charge >= 0.3 is 0 Å². The van der Waals surface area contributed by atoms with Gasteiger partial charge in [-0.05, 0) is 43.5 Å². The Kier molecular flexibility index (Phi) is 4.61. The van der Waals surface area contributed by atoms with Crippen molar-refractivity contribution in [1.82, 2.24) is 10.6 Å². The van der Waals surface area contributed by atoms with Gasteiger partial charge in [0.1, 0.15) is 12.4 Å². The second kappa shape index (κ2) is 6.21. The molecular formula is C14H22N2O3. The van der Waals surface area contributed by atoms with Crippen molar-refractivity contribution in [3.8, 4) is 0 Å². The zero-order valence-corrected chi connectivity index (χ0v) is 11.6. The molecule has 5 nitrogen and oxygen atoms in total. The van der Waals surface area contributed by atoms with E-state index in [2.05, 4.69) is 17.6 Å². The molecule has 0 aromatic carbocycles. The van der Waals surface area contributed by atoms with Crippen molar-refractivity contribution >= 4 is 5.91 Å². The molecule has 5 heteroatoms. The lowest BCUT2D eigenvalue weighted by molar-refractivity contribution is 0.0886. The van der Waals surface area contributed by atoms with E-state index in [1.807, 2.05) is 0 Å². The number of carbonyl (C=O) groups is 1. The van der Waals surface area contributed by atoms with Gasteiger partial charge in [0.2, 0.25) is 0 Å². The summed E-state index contributed by atoms with van der Waals surface area (Å²) < 4.78 is 10.4. The molecule has 19 heavy (non-hydrogen) atoms. The molecule has 0 saturated carbocycles. The van der Waals surface area contributed by atoms with Gasteiger partial charge in [0.15, 0.2) is 5.76 Å². The van der Waals surface area contributed by atoms with Crippen LogP contribution in [0.15, 0.2) is 16.5 Å². The SMILES string of the molecule is COCc1ccc(C(=O)NCC2(C)CCNCC2)o1. The lowest BCUT2D eigenvalue weighted by Gasteiger charge is -2.33. The minimum absolute atomic E-state index is 0.151. The van der Waals surface area contributed by atoms with Gasteiger partial charge in [-0.2, -0.15) is 0 Å². The van der Waals surface area contributed by atoms with Crippen LogP contribution in [0, 0.1) is 5.41 Å². The first kappa shape index (κ1) is 14.1. The fourth-order valence-electron chi connectivity index (χ4n) is 2.31. The first-order valence-corrected chi connectivity index (χ1v) is 6.69. The molecule has 0 radical (unpaired) electrons. The Labute approximate surface area is 113 Å². The molecule has 1 aromatic rings. The van der Waals surface area contributed by atoms with Gasteiger partial charge in [-0.15, -0.1) is 0 Å². The Morgan fingerprint density at radius 2 is 2.21 bits per heavy atom. The van der Waals surface area contributed by atoms with Gasteiger partial charge < -0.3 is 19.8 Å². The van der Waals surface area contributed by atoms with Crippen molar-refractivity contribution in [2.45, 2.75) is 26.4 Å². The zero-order valence-electron chi connectivity index (χ0n) is 11.6. The number of methoxy groups -OCH3 is 1. The van der Waals surface area contributed by atoms with E-state index in [0.29, 0.717) is 24.7 Å². The predicted molar refractivity (Wildman–Crippen MR) is 72.0 cm³/mol. The number of hydrogen-bond donors (Lipinski definition) is 2. The molecule has 2 N–H and O–H groups in total. The Morgan fingerprint density at radius 1 is 1.47 bits per heavy atom. The van der Waals surface area contributed by atoms with Gasteiger partial charge in [-0.1, -0.05) is 6.92 Å². The average Bonchev–Trinajstić information content (AvgIpc) is 2.86. The molecule has 0 bridgehead atoms. The molecule has 0 unspecified atom stereocenters. The highest BCUT2D eigenvalue weighted by molar-refractivity contribution is 5.91. The summed E-state index contributed by atoms with van der Waals surface area (Å²) in [4.78, 5) is 12.0. The summed E-state index contributed by atoms with van der Waals surface area (Å²) in [7, 11) is 1.60. The van der Waals surface area contributed by atoms with Crippen molar-refractivity contribution in [2.75, 3.05) is 26.7 Å². The van der Waals surface area contributed by atoms with Crippen LogP contribution in [0.5, 0.6) is 0 Å². The topological polar surface area (TPSA) is 63.5 Å². The maximum absolute atomic E-state index is 12.0. The number of amides is 1. The van der Waals surface area contributed by atoms with Gasteiger partial charge in [0.25, 0.3) is 5.91 Å². The molecule has 106 valence electrons. The van der Waals surface area contributed by atoms with E-state index in [4.69, 9.17) is 9.15 Å². The quantitative estimate of drug-likeness (QED) is 0.848. The highest BCUT2D eigenvalue weighted by Gasteiger charge is 2.27.